The Bertz CT molecular complexity index is 1630. The molecule has 12 heteroatoms. The van der Waals surface area contributed by atoms with Crippen LogP contribution in [0.5, 0.6) is 0 Å². The van der Waals surface area contributed by atoms with E-state index in [1.807, 2.05) is 17.0 Å². The van der Waals surface area contributed by atoms with E-state index in [1.165, 1.54) is 11.1 Å². The van der Waals surface area contributed by atoms with Crippen LogP contribution in [0.1, 0.15) is 40.4 Å². The molecule has 3 aromatic rings. The van der Waals surface area contributed by atoms with E-state index in [2.05, 4.69) is 0 Å². The van der Waals surface area contributed by atoms with Crippen molar-refractivity contribution in [3.05, 3.63) is 68.2 Å². The summed E-state index contributed by atoms with van der Waals surface area (Å²) in [6.45, 7) is 0.891. The Hall–Kier alpha value is -4.12. The van der Waals surface area contributed by atoms with E-state index in [0.29, 0.717) is 37.1 Å². The minimum Gasteiger partial charge on any atom is -0.477 e. The zero-order valence-electron chi connectivity index (χ0n) is 20.7. The van der Waals surface area contributed by atoms with Crippen molar-refractivity contribution in [3.63, 3.8) is 0 Å². The zero-order chi connectivity index (χ0) is 27.6. The quantitative estimate of drug-likeness (QED) is 0.494. The molecule has 0 spiro atoms. The number of fused-ring (bicyclic) bond motifs is 2. The highest BCUT2D eigenvalue weighted by molar-refractivity contribution is 6.38. The predicted octanol–water partition coefficient (Wildman–Crippen LogP) is 3.24. The van der Waals surface area contributed by atoms with Crippen molar-refractivity contribution < 1.29 is 28.6 Å². The molecule has 3 aliphatic rings. The summed E-state index contributed by atoms with van der Waals surface area (Å²) in [5.74, 6) is -2.77. The molecular formula is C27H24ClFN4O6. The molecule has 202 valence electrons. The first-order chi connectivity index (χ1) is 18.6. The molecule has 2 amide bonds. The fraction of sp³-hybridized carbons (Fsp3) is 0.333. The van der Waals surface area contributed by atoms with Crippen LogP contribution >= 0.6 is 11.6 Å². The summed E-state index contributed by atoms with van der Waals surface area (Å²) >= 11 is 6.81. The molecule has 10 nitrogen and oxygen atoms in total. The number of amides is 2. The summed E-state index contributed by atoms with van der Waals surface area (Å²) in [5.41, 5.74) is 7.18. The van der Waals surface area contributed by atoms with Crippen LogP contribution in [0.2, 0.25) is 5.02 Å². The number of carbonyl (C=O) groups excluding carboxylic acids is 2. The van der Waals surface area contributed by atoms with Crippen molar-refractivity contribution in [2.45, 2.75) is 37.8 Å². The van der Waals surface area contributed by atoms with Crippen LogP contribution in [-0.2, 0) is 22.4 Å². The van der Waals surface area contributed by atoms with Gasteiger partial charge in [0.1, 0.15) is 11.4 Å². The minimum absolute atomic E-state index is 0.000241. The summed E-state index contributed by atoms with van der Waals surface area (Å²) < 4.78 is 22.3. The number of primary amides is 1. The van der Waals surface area contributed by atoms with Gasteiger partial charge in [-0.3, -0.25) is 14.5 Å². The van der Waals surface area contributed by atoms with Gasteiger partial charge in [-0.2, -0.15) is 0 Å². The highest BCUT2D eigenvalue weighted by Crippen LogP contribution is 2.42. The van der Waals surface area contributed by atoms with E-state index >= 15 is 4.39 Å². The van der Waals surface area contributed by atoms with Crippen molar-refractivity contribution in [2.24, 2.45) is 5.73 Å². The number of benzene rings is 2. The average molecular weight is 555 g/mol. The molecule has 3 heterocycles. The lowest BCUT2D eigenvalue weighted by Crippen LogP contribution is -2.32. The van der Waals surface area contributed by atoms with Gasteiger partial charge in [0.25, 0.3) is 5.91 Å². The van der Waals surface area contributed by atoms with Crippen molar-refractivity contribution in [3.8, 4) is 0 Å². The number of aromatic nitrogens is 1. The number of anilines is 2. The average Bonchev–Trinajstić information content (AvgIpc) is 3.69. The summed E-state index contributed by atoms with van der Waals surface area (Å²) in [6, 6.07) is 6.63. The van der Waals surface area contributed by atoms with Crippen LogP contribution in [0.25, 0.3) is 10.9 Å². The fourth-order valence-electron chi connectivity index (χ4n) is 5.44. The van der Waals surface area contributed by atoms with Crippen molar-refractivity contribution in [2.75, 3.05) is 29.4 Å². The van der Waals surface area contributed by atoms with Gasteiger partial charge >= 0.3 is 12.1 Å². The van der Waals surface area contributed by atoms with Crippen molar-refractivity contribution in [1.82, 2.24) is 4.57 Å². The third kappa shape index (κ3) is 4.26. The number of ether oxygens (including phenoxy) is 1. The van der Waals surface area contributed by atoms with Gasteiger partial charge in [0.2, 0.25) is 5.43 Å². The number of halogens is 2. The third-order valence-corrected chi connectivity index (χ3v) is 7.96. The molecule has 2 aliphatic heterocycles. The highest BCUT2D eigenvalue weighted by atomic mass is 35.5. The van der Waals surface area contributed by atoms with Gasteiger partial charge in [-0.1, -0.05) is 17.7 Å². The van der Waals surface area contributed by atoms with Crippen LogP contribution in [0.15, 0.2) is 35.3 Å². The molecule has 1 saturated heterocycles. The summed E-state index contributed by atoms with van der Waals surface area (Å²) in [4.78, 5) is 51.5. The predicted molar refractivity (Wildman–Crippen MR) is 141 cm³/mol. The highest BCUT2D eigenvalue weighted by Gasteiger charge is 2.36. The first-order valence-corrected chi connectivity index (χ1v) is 13.0. The van der Waals surface area contributed by atoms with Crippen LogP contribution in [-0.4, -0.2) is 53.4 Å². The van der Waals surface area contributed by atoms with Gasteiger partial charge in [0.05, 0.1) is 28.2 Å². The fourth-order valence-corrected chi connectivity index (χ4v) is 5.85. The molecule has 0 bridgehead atoms. The van der Waals surface area contributed by atoms with E-state index in [1.54, 1.807) is 10.6 Å². The van der Waals surface area contributed by atoms with Crippen LogP contribution in [0.4, 0.5) is 20.6 Å². The molecule has 1 aliphatic carbocycles. The number of aromatic carboxylic acids is 1. The smallest absolute Gasteiger partial charge is 0.415 e. The lowest BCUT2D eigenvalue weighted by Gasteiger charge is -2.26. The number of carbonyl (C=O) groups is 3. The number of cyclic esters (lactones) is 1. The minimum atomic E-state index is -1.37. The molecule has 3 N–H and O–H groups in total. The Morgan fingerprint density at radius 2 is 1.82 bits per heavy atom. The molecule has 1 atom stereocenters. The summed E-state index contributed by atoms with van der Waals surface area (Å²) in [6.07, 6.45) is 2.37. The monoisotopic (exact) mass is 554 g/mol. The van der Waals surface area contributed by atoms with E-state index in [0.717, 1.165) is 30.0 Å². The number of carboxylic acids is 1. The summed E-state index contributed by atoms with van der Waals surface area (Å²) in [5, 5.41) is 9.53. The first kappa shape index (κ1) is 25.2. The van der Waals surface area contributed by atoms with Gasteiger partial charge < -0.3 is 25.0 Å². The maximum atomic E-state index is 15.6. The molecule has 0 unspecified atom stereocenters. The molecule has 2 aromatic carbocycles. The van der Waals surface area contributed by atoms with Crippen LogP contribution < -0.4 is 21.0 Å². The van der Waals surface area contributed by atoms with Crippen molar-refractivity contribution in [1.29, 1.82) is 0 Å². The zero-order valence-corrected chi connectivity index (χ0v) is 21.4. The van der Waals surface area contributed by atoms with Gasteiger partial charge in [-0.15, -0.1) is 0 Å². The lowest BCUT2D eigenvalue weighted by molar-refractivity contribution is -0.124. The molecular weight excluding hydrogens is 531 g/mol. The Labute approximate surface area is 226 Å². The number of carboxylic acid groups (broad SMARTS) is 1. The molecule has 6 rings (SSSR count). The molecule has 0 radical (unpaired) electrons. The van der Waals surface area contributed by atoms with Gasteiger partial charge in [-0.25, -0.2) is 14.0 Å². The Balaban J connectivity index is 1.34. The molecule has 39 heavy (non-hydrogen) atoms. The molecule has 2 fully saturated rings. The van der Waals surface area contributed by atoms with Crippen LogP contribution in [0.3, 0.4) is 0 Å². The van der Waals surface area contributed by atoms with E-state index in [-0.39, 0.29) is 28.7 Å². The van der Waals surface area contributed by atoms with Crippen molar-refractivity contribution >= 4 is 51.8 Å². The molecule has 1 aromatic heterocycles. The third-order valence-electron chi connectivity index (χ3n) is 7.60. The standard InChI is InChI=1S/C27H24ClFN4O6/c28-21-22-17(24(34)18(26(36)37)11-32(22)15-3-4-15)10-19(29)23(21)31-7-5-13-1-2-16(9-14(13)6-8-31)33-12-20(25(30)35)39-27(33)38/h1-2,9-11,15,20H,3-8,12H2,(H2,30,35)(H,36,37)/t20-/m1/s1. The van der Waals surface area contributed by atoms with E-state index in [9.17, 15) is 24.3 Å². The number of hydrogen-bond acceptors (Lipinski definition) is 6. The van der Waals surface area contributed by atoms with Gasteiger partial charge in [0, 0.05) is 31.0 Å². The van der Waals surface area contributed by atoms with Gasteiger partial charge in [-0.05, 0) is 55.0 Å². The second kappa shape index (κ2) is 9.26. The van der Waals surface area contributed by atoms with E-state index in [4.69, 9.17) is 22.1 Å². The van der Waals surface area contributed by atoms with Gasteiger partial charge in [0.15, 0.2) is 6.10 Å². The normalized spacial score (nSPS) is 19.1. The second-order valence-corrected chi connectivity index (χ2v) is 10.4. The maximum absolute atomic E-state index is 15.6. The second-order valence-electron chi connectivity index (χ2n) is 10.1. The number of nitrogens with two attached hydrogens (primary N) is 1. The number of nitrogens with zero attached hydrogens (tertiary/aromatic N) is 3. The van der Waals surface area contributed by atoms with Crippen LogP contribution in [0, 0.1) is 5.82 Å². The lowest BCUT2D eigenvalue weighted by atomic mass is 10.0. The first-order valence-electron chi connectivity index (χ1n) is 12.6. The Morgan fingerprint density at radius 3 is 2.46 bits per heavy atom. The number of pyridine rings is 1. The molecule has 1 saturated carbocycles. The maximum Gasteiger partial charge on any atom is 0.415 e. The Kier molecular flexibility index (Phi) is 5.98. The number of hydrogen-bond donors (Lipinski definition) is 2. The topological polar surface area (TPSA) is 135 Å². The Morgan fingerprint density at radius 1 is 1.10 bits per heavy atom. The van der Waals surface area contributed by atoms with E-state index < -0.39 is 40.9 Å². The largest absolute Gasteiger partial charge is 0.477 e. The number of rotatable bonds is 5. The summed E-state index contributed by atoms with van der Waals surface area (Å²) in [7, 11) is 0. The SMILES string of the molecule is NC(=O)[C@H]1CN(c2ccc3c(c2)CCN(c2c(F)cc4c(=O)c(C(=O)O)cn(C5CC5)c4c2Cl)CC3)C(=O)O1.